The molecule has 1 N–H and O–H groups in total. The summed E-state index contributed by atoms with van der Waals surface area (Å²) in [4.78, 5) is 25.6. The fourth-order valence-corrected chi connectivity index (χ4v) is 4.61. The van der Waals surface area contributed by atoms with Gasteiger partial charge in [-0.3, -0.25) is 4.79 Å². The van der Waals surface area contributed by atoms with Crippen molar-refractivity contribution in [3.63, 3.8) is 0 Å². The van der Waals surface area contributed by atoms with Gasteiger partial charge in [-0.1, -0.05) is 23.2 Å². The quantitative estimate of drug-likeness (QED) is 0.512. The first kappa shape index (κ1) is 19.8. The van der Waals surface area contributed by atoms with E-state index in [2.05, 4.69) is 22.1 Å². The second-order valence-electron chi connectivity index (χ2n) is 8.33. The summed E-state index contributed by atoms with van der Waals surface area (Å²) in [5, 5.41) is 9.15. The molecule has 0 saturated carbocycles. The molecule has 2 aromatic heterocycles. The third kappa shape index (κ3) is 3.11. The van der Waals surface area contributed by atoms with E-state index in [1.807, 2.05) is 49.1 Å². The molecule has 1 aliphatic heterocycles. The van der Waals surface area contributed by atoms with Crippen LogP contribution in [0.1, 0.15) is 47.1 Å². The van der Waals surface area contributed by atoms with Crippen LogP contribution in [-0.2, 0) is 5.54 Å². The summed E-state index contributed by atoms with van der Waals surface area (Å²) >= 11 is 6.30. The Labute approximate surface area is 185 Å². The Balaban J connectivity index is 1.59. The van der Waals surface area contributed by atoms with E-state index in [4.69, 9.17) is 16.6 Å². The number of carbonyl (C=O) groups excluding carboxylic acids is 1. The minimum Gasteiger partial charge on any atom is -0.340 e. The number of aromatic amines is 1. The van der Waals surface area contributed by atoms with Gasteiger partial charge in [0.15, 0.2) is 0 Å². The predicted molar refractivity (Wildman–Crippen MR) is 120 cm³/mol. The second kappa shape index (κ2) is 7.20. The van der Waals surface area contributed by atoms with Gasteiger partial charge in [0.05, 0.1) is 40.2 Å². The number of aryl methyl sites for hydroxylation is 2. The summed E-state index contributed by atoms with van der Waals surface area (Å²) in [6, 6.07) is 9.57. The van der Waals surface area contributed by atoms with Crippen molar-refractivity contribution in [3.8, 4) is 5.69 Å². The molecule has 4 aromatic rings. The summed E-state index contributed by atoms with van der Waals surface area (Å²) in [7, 11) is 0. The number of nitrogens with zero attached hydrogens (tertiary/aromatic N) is 5. The minimum atomic E-state index is -0.548. The Morgan fingerprint density at radius 2 is 1.94 bits per heavy atom. The number of benzene rings is 2. The number of hydrogen-bond donors (Lipinski definition) is 1. The Morgan fingerprint density at radius 3 is 2.71 bits per heavy atom. The summed E-state index contributed by atoms with van der Waals surface area (Å²) < 4.78 is 0. The number of carbonyl (C=O) groups is 1. The molecule has 5 rings (SSSR count). The van der Waals surface area contributed by atoms with Gasteiger partial charge in [-0.25, -0.2) is 4.98 Å². The van der Waals surface area contributed by atoms with Crippen LogP contribution in [0.3, 0.4) is 0 Å². The zero-order valence-electron chi connectivity index (χ0n) is 17.7. The average molecular weight is 435 g/mol. The molecular weight excluding hydrogens is 412 g/mol. The summed E-state index contributed by atoms with van der Waals surface area (Å²) in [5.74, 6) is 0.733. The van der Waals surface area contributed by atoms with Crippen LogP contribution in [0.4, 0.5) is 0 Å². The molecule has 0 spiro atoms. The predicted octanol–water partition coefficient (Wildman–Crippen LogP) is 4.57. The van der Waals surface area contributed by atoms with Gasteiger partial charge in [0.25, 0.3) is 5.91 Å². The number of imidazole rings is 1. The lowest BCUT2D eigenvalue weighted by atomic mass is 9.96. The first-order valence-corrected chi connectivity index (χ1v) is 10.7. The van der Waals surface area contributed by atoms with Gasteiger partial charge in [-0.15, -0.1) is 0 Å². The molecule has 1 unspecified atom stereocenters. The Kier molecular flexibility index (Phi) is 4.59. The molecule has 8 heteroatoms. The molecule has 0 radical (unpaired) electrons. The topological polar surface area (TPSA) is 79.7 Å². The van der Waals surface area contributed by atoms with E-state index in [1.165, 1.54) is 4.80 Å². The van der Waals surface area contributed by atoms with Crippen LogP contribution in [0.25, 0.3) is 16.7 Å². The molecule has 31 heavy (non-hydrogen) atoms. The van der Waals surface area contributed by atoms with Crippen LogP contribution >= 0.6 is 11.6 Å². The number of fused-ring (bicyclic) bond motifs is 1. The third-order valence-electron chi connectivity index (χ3n) is 6.25. The molecule has 1 fully saturated rings. The molecule has 1 atom stereocenters. The van der Waals surface area contributed by atoms with Crippen LogP contribution in [-0.4, -0.2) is 42.3 Å². The Morgan fingerprint density at radius 1 is 1.16 bits per heavy atom. The Hall–Kier alpha value is -3.19. The fraction of sp³-hybridized carbons (Fsp3) is 0.304. The molecule has 1 amide bonds. The maximum Gasteiger partial charge on any atom is 0.256 e. The van der Waals surface area contributed by atoms with Gasteiger partial charge in [-0.05, 0) is 63.4 Å². The number of hydrogen-bond acceptors (Lipinski definition) is 4. The van der Waals surface area contributed by atoms with E-state index >= 15 is 0 Å². The third-order valence-corrected chi connectivity index (χ3v) is 6.66. The molecular formula is C23H23ClN6O. The van der Waals surface area contributed by atoms with Crippen molar-refractivity contribution in [2.24, 2.45) is 0 Å². The lowest BCUT2D eigenvalue weighted by Crippen LogP contribution is -2.44. The number of rotatable bonds is 3. The zero-order chi connectivity index (χ0) is 21.8. The largest absolute Gasteiger partial charge is 0.340 e. The van der Waals surface area contributed by atoms with E-state index in [-0.39, 0.29) is 5.91 Å². The van der Waals surface area contributed by atoms with Crippen molar-refractivity contribution >= 4 is 28.5 Å². The van der Waals surface area contributed by atoms with E-state index in [0.29, 0.717) is 22.8 Å². The SMILES string of the molecule is Cc1ccc(-n2nccn2)c(C(=O)N2CCCC2(C)c2nc3c(C)c(Cl)ccc3[nH]2)c1. The number of amides is 1. The van der Waals surface area contributed by atoms with Crippen LogP contribution < -0.4 is 0 Å². The van der Waals surface area contributed by atoms with E-state index < -0.39 is 5.54 Å². The van der Waals surface area contributed by atoms with Crippen molar-refractivity contribution < 1.29 is 4.79 Å². The monoisotopic (exact) mass is 434 g/mol. The maximum absolute atomic E-state index is 13.8. The number of H-pyrrole nitrogens is 1. The van der Waals surface area contributed by atoms with Crippen molar-refractivity contribution in [2.75, 3.05) is 6.54 Å². The van der Waals surface area contributed by atoms with Gasteiger partial charge < -0.3 is 9.88 Å². The number of aromatic nitrogens is 5. The summed E-state index contributed by atoms with van der Waals surface area (Å²) in [6.07, 6.45) is 4.94. The van der Waals surface area contributed by atoms with E-state index in [1.54, 1.807) is 12.4 Å². The van der Waals surface area contributed by atoms with Crippen molar-refractivity contribution in [3.05, 3.63) is 70.3 Å². The van der Waals surface area contributed by atoms with Crippen LogP contribution in [0, 0.1) is 13.8 Å². The molecule has 7 nitrogen and oxygen atoms in total. The lowest BCUT2D eigenvalue weighted by molar-refractivity contribution is 0.0605. The summed E-state index contributed by atoms with van der Waals surface area (Å²) in [6.45, 7) is 6.68. The fourth-order valence-electron chi connectivity index (χ4n) is 4.46. The first-order valence-electron chi connectivity index (χ1n) is 10.3. The van der Waals surface area contributed by atoms with Gasteiger partial charge in [0.1, 0.15) is 5.82 Å². The molecule has 3 heterocycles. The average Bonchev–Trinajstić information content (AvgIpc) is 3.50. The number of halogens is 1. The first-order chi connectivity index (χ1) is 14.9. The standard InChI is InChI=1S/C23H23ClN6O/c1-14-5-8-19(30-25-10-11-26-30)16(13-14)21(31)29-12-4-9-23(29,3)22-27-18-7-6-17(24)15(2)20(18)28-22/h5-8,10-11,13H,4,9,12H2,1-3H3,(H,27,28). The molecule has 158 valence electrons. The molecule has 2 aromatic carbocycles. The highest BCUT2D eigenvalue weighted by molar-refractivity contribution is 6.32. The normalized spacial score (nSPS) is 18.8. The zero-order valence-corrected chi connectivity index (χ0v) is 18.4. The highest BCUT2D eigenvalue weighted by atomic mass is 35.5. The minimum absolute atomic E-state index is 0.0498. The van der Waals surface area contributed by atoms with Gasteiger partial charge in [-0.2, -0.15) is 15.0 Å². The highest BCUT2D eigenvalue weighted by Gasteiger charge is 2.44. The molecule has 0 aliphatic carbocycles. The number of likely N-dealkylation sites (tertiary alicyclic amines) is 1. The van der Waals surface area contributed by atoms with Crippen molar-refractivity contribution in [1.29, 1.82) is 0 Å². The van der Waals surface area contributed by atoms with Gasteiger partial charge >= 0.3 is 0 Å². The smallest absolute Gasteiger partial charge is 0.256 e. The van der Waals surface area contributed by atoms with Gasteiger partial charge in [0.2, 0.25) is 0 Å². The summed E-state index contributed by atoms with van der Waals surface area (Å²) in [5.41, 5.74) is 4.42. The van der Waals surface area contributed by atoms with Crippen LogP contribution in [0.5, 0.6) is 0 Å². The van der Waals surface area contributed by atoms with Crippen molar-refractivity contribution in [2.45, 2.75) is 39.2 Å². The van der Waals surface area contributed by atoms with E-state index in [0.717, 1.165) is 40.8 Å². The lowest BCUT2D eigenvalue weighted by Gasteiger charge is -2.34. The Bertz CT molecular complexity index is 1300. The van der Waals surface area contributed by atoms with Gasteiger partial charge in [0, 0.05) is 11.6 Å². The highest BCUT2D eigenvalue weighted by Crippen LogP contribution is 2.40. The number of nitrogens with one attached hydrogen (secondary N) is 1. The van der Waals surface area contributed by atoms with Crippen molar-refractivity contribution in [1.82, 2.24) is 29.9 Å². The molecule has 0 bridgehead atoms. The maximum atomic E-state index is 13.8. The molecule has 1 aliphatic rings. The van der Waals surface area contributed by atoms with Crippen LogP contribution in [0.2, 0.25) is 5.02 Å². The van der Waals surface area contributed by atoms with E-state index in [9.17, 15) is 4.79 Å². The second-order valence-corrected chi connectivity index (χ2v) is 8.73. The van der Waals surface area contributed by atoms with Crippen LogP contribution in [0.15, 0.2) is 42.7 Å². The molecule has 1 saturated heterocycles.